The number of nitriles is 1. The van der Waals surface area contributed by atoms with Gasteiger partial charge < -0.3 is 15.0 Å². The van der Waals surface area contributed by atoms with Gasteiger partial charge in [-0.2, -0.15) is 5.26 Å². The SMILES string of the molecule is CN1CCCC(CNC(=O)COc2ccccc2C#N)C1. The van der Waals surface area contributed by atoms with Crippen LogP contribution in [0.25, 0.3) is 0 Å². The molecule has 1 fully saturated rings. The molecule has 1 saturated heterocycles. The zero-order chi connectivity index (χ0) is 15.1. The lowest BCUT2D eigenvalue weighted by atomic mass is 9.98. The molecule has 112 valence electrons. The van der Waals surface area contributed by atoms with Gasteiger partial charge in [-0.3, -0.25) is 4.79 Å². The van der Waals surface area contributed by atoms with Gasteiger partial charge in [0.1, 0.15) is 11.8 Å². The van der Waals surface area contributed by atoms with E-state index in [0.29, 0.717) is 23.8 Å². The van der Waals surface area contributed by atoms with E-state index in [0.717, 1.165) is 19.5 Å². The first-order valence-electron chi connectivity index (χ1n) is 7.26. The van der Waals surface area contributed by atoms with Gasteiger partial charge in [-0.1, -0.05) is 12.1 Å². The van der Waals surface area contributed by atoms with Gasteiger partial charge in [-0.15, -0.1) is 0 Å². The first kappa shape index (κ1) is 15.3. The van der Waals surface area contributed by atoms with Gasteiger partial charge >= 0.3 is 0 Å². The van der Waals surface area contributed by atoms with Crippen molar-refractivity contribution in [3.8, 4) is 11.8 Å². The van der Waals surface area contributed by atoms with E-state index in [1.165, 1.54) is 6.42 Å². The van der Waals surface area contributed by atoms with Crippen LogP contribution in [0, 0.1) is 17.2 Å². The number of carbonyl (C=O) groups excluding carboxylic acids is 1. The fraction of sp³-hybridized carbons (Fsp3) is 0.500. The molecule has 0 aromatic heterocycles. The summed E-state index contributed by atoms with van der Waals surface area (Å²) >= 11 is 0. The Kier molecular flexibility index (Phi) is 5.59. The largest absolute Gasteiger partial charge is 0.482 e. The van der Waals surface area contributed by atoms with Crippen LogP contribution >= 0.6 is 0 Å². The summed E-state index contributed by atoms with van der Waals surface area (Å²) in [5, 5.41) is 11.9. The monoisotopic (exact) mass is 287 g/mol. The number of ether oxygens (including phenoxy) is 1. The van der Waals surface area contributed by atoms with Gasteiger partial charge in [-0.25, -0.2) is 0 Å². The van der Waals surface area contributed by atoms with E-state index in [-0.39, 0.29) is 12.5 Å². The molecule has 1 aliphatic rings. The summed E-state index contributed by atoms with van der Waals surface area (Å²) in [5.41, 5.74) is 0.444. The number of hydrogen-bond donors (Lipinski definition) is 1. The highest BCUT2D eigenvalue weighted by Crippen LogP contribution is 2.16. The van der Waals surface area contributed by atoms with Crippen LogP contribution in [0.2, 0.25) is 0 Å². The first-order chi connectivity index (χ1) is 10.2. The van der Waals surface area contributed by atoms with Crippen molar-refractivity contribution >= 4 is 5.91 Å². The van der Waals surface area contributed by atoms with Crippen molar-refractivity contribution in [2.75, 3.05) is 33.3 Å². The van der Waals surface area contributed by atoms with Gasteiger partial charge in [0.15, 0.2) is 6.61 Å². The number of piperidine rings is 1. The third kappa shape index (κ3) is 4.76. The van der Waals surface area contributed by atoms with Crippen LogP contribution in [0.5, 0.6) is 5.75 Å². The van der Waals surface area contributed by atoms with E-state index in [1.54, 1.807) is 24.3 Å². The number of para-hydroxylation sites is 1. The summed E-state index contributed by atoms with van der Waals surface area (Å²) in [6.07, 6.45) is 2.34. The molecule has 1 atom stereocenters. The number of nitrogens with zero attached hydrogens (tertiary/aromatic N) is 2. The van der Waals surface area contributed by atoms with Crippen LogP contribution in [0.1, 0.15) is 18.4 Å². The molecule has 1 unspecified atom stereocenters. The minimum Gasteiger partial charge on any atom is -0.482 e. The Morgan fingerprint density at radius 1 is 1.52 bits per heavy atom. The van der Waals surface area contributed by atoms with Gasteiger partial charge in [0.25, 0.3) is 5.91 Å². The fourth-order valence-corrected chi connectivity index (χ4v) is 2.58. The molecule has 1 aliphatic heterocycles. The molecular formula is C16H21N3O2. The molecule has 1 heterocycles. The van der Waals surface area contributed by atoms with Crippen LogP contribution < -0.4 is 10.1 Å². The highest BCUT2D eigenvalue weighted by Gasteiger charge is 2.17. The molecule has 1 N–H and O–H groups in total. The summed E-state index contributed by atoms with van der Waals surface area (Å²) < 4.78 is 5.41. The topological polar surface area (TPSA) is 65.4 Å². The number of benzene rings is 1. The zero-order valence-corrected chi connectivity index (χ0v) is 12.3. The zero-order valence-electron chi connectivity index (χ0n) is 12.3. The molecule has 0 spiro atoms. The van der Waals surface area contributed by atoms with E-state index < -0.39 is 0 Å². The summed E-state index contributed by atoms with van der Waals surface area (Å²) in [4.78, 5) is 14.1. The lowest BCUT2D eigenvalue weighted by Crippen LogP contribution is -2.40. The average molecular weight is 287 g/mol. The first-order valence-corrected chi connectivity index (χ1v) is 7.26. The lowest BCUT2D eigenvalue weighted by molar-refractivity contribution is -0.123. The van der Waals surface area contributed by atoms with E-state index in [2.05, 4.69) is 17.3 Å². The van der Waals surface area contributed by atoms with Crippen molar-refractivity contribution in [2.45, 2.75) is 12.8 Å². The molecule has 1 aromatic carbocycles. The average Bonchev–Trinajstić information content (AvgIpc) is 2.51. The van der Waals surface area contributed by atoms with Crippen molar-refractivity contribution in [3.05, 3.63) is 29.8 Å². The summed E-state index contributed by atoms with van der Waals surface area (Å²) in [6, 6.07) is 8.97. The molecule has 1 amide bonds. The Hall–Kier alpha value is -2.06. The van der Waals surface area contributed by atoms with Crippen LogP contribution in [0.3, 0.4) is 0 Å². The maximum atomic E-state index is 11.8. The van der Waals surface area contributed by atoms with Crippen LogP contribution in [0.15, 0.2) is 24.3 Å². The quantitative estimate of drug-likeness (QED) is 0.889. The predicted octanol–water partition coefficient (Wildman–Crippen LogP) is 1.40. The molecule has 0 aliphatic carbocycles. The third-order valence-electron chi connectivity index (χ3n) is 3.68. The summed E-state index contributed by atoms with van der Waals surface area (Å²) in [6.45, 7) is 2.80. The second-order valence-electron chi connectivity index (χ2n) is 5.47. The Morgan fingerprint density at radius 3 is 3.10 bits per heavy atom. The van der Waals surface area contributed by atoms with Crippen molar-refractivity contribution < 1.29 is 9.53 Å². The number of rotatable bonds is 5. The second kappa shape index (κ2) is 7.65. The molecule has 0 saturated carbocycles. The van der Waals surface area contributed by atoms with Crippen molar-refractivity contribution in [1.29, 1.82) is 5.26 Å². The number of nitrogens with one attached hydrogen (secondary N) is 1. The fourth-order valence-electron chi connectivity index (χ4n) is 2.58. The number of carbonyl (C=O) groups is 1. The highest BCUT2D eigenvalue weighted by atomic mass is 16.5. The number of likely N-dealkylation sites (tertiary alicyclic amines) is 1. The Labute approximate surface area is 125 Å². The number of amides is 1. The van der Waals surface area contributed by atoms with E-state index in [4.69, 9.17) is 10.00 Å². The normalized spacial score (nSPS) is 18.8. The summed E-state index contributed by atoms with van der Waals surface area (Å²) in [5.74, 6) is 0.822. The van der Waals surface area contributed by atoms with Crippen LogP contribution in [-0.4, -0.2) is 44.1 Å². The number of hydrogen-bond acceptors (Lipinski definition) is 4. The Bertz CT molecular complexity index is 524. The Morgan fingerprint density at radius 2 is 2.33 bits per heavy atom. The second-order valence-corrected chi connectivity index (χ2v) is 5.47. The van der Waals surface area contributed by atoms with Gasteiger partial charge in [-0.05, 0) is 44.5 Å². The molecule has 1 aromatic rings. The minimum atomic E-state index is -0.143. The molecule has 2 rings (SSSR count). The maximum absolute atomic E-state index is 11.8. The molecular weight excluding hydrogens is 266 g/mol. The summed E-state index contributed by atoms with van der Waals surface area (Å²) in [7, 11) is 2.11. The minimum absolute atomic E-state index is 0.0543. The highest BCUT2D eigenvalue weighted by molar-refractivity contribution is 5.77. The van der Waals surface area contributed by atoms with Crippen molar-refractivity contribution in [3.63, 3.8) is 0 Å². The molecule has 0 radical (unpaired) electrons. The maximum Gasteiger partial charge on any atom is 0.257 e. The molecule has 0 bridgehead atoms. The van der Waals surface area contributed by atoms with Crippen molar-refractivity contribution in [2.24, 2.45) is 5.92 Å². The predicted molar refractivity (Wildman–Crippen MR) is 79.9 cm³/mol. The van der Waals surface area contributed by atoms with Crippen molar-refractivity contribution in [1.82, 2.24) is 10.2 Å². The molecule has 21 heavy (non-hydrogen) atoms. The molecule has 5 nitrogen and oxygen atoms in total. The van der Waals surface area contributed by atoms with E-state index in [1.807, 2.05) is 6.07 Å². The lowest BCUT2D eigenvalue weighted by Gasteiger charge is -2.29. The van der Waals surface area contributed by atoms with Gasteiger partial charge in [0.05, 0.1) is 5.56 Å². The Balaban J connectivity index is 1.74. The van der Waals surface area contributed by atoms with Gasteiger partial charge in [0, 0.05) is 13.1 Å². The van der Waals surface area contributed by atoms with E-state index in [9.17, 15) is 4.79 Å². The smallest absolute Gasteiger partial charge is 0.257 e. The van der Waals surface area contributed by atoms with Gasteiger partial charge in [0.2, 0.25) is 0 Å². The standard InChI is InChI=1S/C16H21N3O2/c1-19-8-4-5-13(11-19)10-18-16(20)12-21-15-7-3-2-6-14(15)9-17/h2-3,6-7,13H,4-5,8,10-12H2,1H3,(H,18,20). The van der Waals surface area contributed by atoms with E-state index >= 15 is 0 Å². The molecule has 5 heteroatoms. The third-order valence-corrected chi connectivity index (χ3v) is 3.68. The van der Waals surface area contributed by atoms with Crippen LogP contribution in [-0.2, 0) is 4.79 Å². The van der Waals surface area contributed by atoms with Crippen LogP contribution in [0.4, 0.5) is 0 Å².